The summed E-state index contributed by atoms with van der Waals surface area (Å²) in [6.45, 7) is 0. The number of H-pyrrole nitrogens is 2. The van der Waals surface area contributed by atoms with Gasteiger partial charge in [0, 0.05) is 0 Å². The van der Waals surface area contributed by atoms with Crippen LogP contribution >= 0.6 is 0 Å². The third-order valence-electron chi connectivity index (χ3n) is 2.42. The van der Waals surface area contributed by atoms with Gasteiger partial charge in [0.2, 0.25) is 5.95 Å². The Morgan fingerprint density at radius 3 is 2.94 bits per heavy atom. The Morgan fingerprint density at radius 1 is 1.28 bits per heavy atom. The van der Waals surface area contributed by atoms with Gasteiger partial charge in [-0.05, 0) is 12.1 Å². The predicted octanol–water partition coefficient (Wildman–Crippen LogP) is 1.53. The second kappa shape index (κ2) is 3.95. The lowest BCUT2D eigenvalue weighted by Crippen LogP contribution is -2.11. The molecule has 0 aliphatic rings. The van der Waals surface area contributed by atoms with Gasteiger partial charge in [-0.25, -0.2) is 9.37 Å². The van der Waals surface area contributed by atoms with Gasteiger partial charge < -0.3 is 10.3 Å². The van der Waals surface area contributed by atoms with Crippen LogP contribution in [-0.4, -0.2) is 19.9 Å². The van der Waals surface area contributed by atoms with E-state index in [4.69, 9.17) is 0 Å². The van der Waals surface area contributed by atoms with Gasteiger partial charge in [-0.3, -0.25) is 9.78 Å². The number of fused-ring (bicyclic) bond motifs is 1. The number of para-hydroxylation sites is 1. The maximum absolute atomic E-state index is 13.4. The molecule has 18 heavy (non-hydrogen) atoms. The van der Waals surface area contributed by atoms with Crippen LogP contribution in [0.3, 0.4) is 0 Å². The van der Waals surface area contributed by atoms with E-state index in [9.17, 15) is 9.18 Å². The van der Waals surface area contributed by atoms with E-state index >= 15 is 0 Å². The summed E-state index contributed by atoms with van der Waals surface area (Å²) in [4.78, 5) is 24.7. The number of nitrogens with one attached hydrogen (secondary N) is 3. The van der Waals surface area contributed by atoms with Gasteiger partial charge in [-0.1, -0.05) is 12.1 Å². The van der Waals surface area contributed by atoms with Crippen LogP contribution in [0.5, 0.6) is 0 Å². The van der Waals surface area contributed by atoms with Crippen molar-refractivity contribution in [3.8, 4) is 0 Å². The fourth-order valence-corrected chi connectivity index (χ4v) is 1.59. The molecule has 0 unspecified atom stereocenters. The van der Waals surface area contributed by atoms with Crippen molar-refractivity contribution >= 4 is 22.8 Å². The molecule has 0 amide bonds. The average Bonchev–Trinajstić information content (AvgIpc) is 2.81. The van der Waals surface area contributed by atoms with Crippen LogP contribution < -0.4 is 10.9 Å². The quantitative estimate of drug-likeness (QED) is 0.639. The van der Waals surface area contributed by atoms with Crippen LogP contribution in [0.1, 0.15) is 0 Å². The first kappa shape index (κ1) is 10.5. The van der Waals surface area contributed by atoms with Crippen LogP contribution in [0.4, 0.5) is 16.0 Å². The zero-order chi connectivity index (χ0) is 12.5. The number of nitrogens with zero attached hydrogens (tertiary/aromatic N) is 2. The first-order valence-electron chi connectivity index (χ1n) is 5.19. The first-order chi connectivity index (χ1) is 8.74. The zero-order valence-corrected chi connectivity index (χ0v) is 9.07. The van der Waals surface area contributed by atoms with Crippen molar-refractivity contribution in [2.24, 2.45) is 0 Å². The summed E-state index contributed by atoms with van der Waals surface area (Å²) in [5, 5.41) is 2.70. The minimum atomic E-state index is -0.428. The lowest BCUT2D eigenvalue weighted by molar-refractivity contribution is 0.631. The van der Waals surface area contributed by atoms with E-state index in [1.807, 2.05) is 0 Å². The molecule has 2 heterocycles. The van der Waals surface area contributed by atoms with Crippen molar-refractivity contribution in [3.05, 3.63) is 46.8 Å². The lowest BCUT2D eigenvalue weighted by atomic mass is 10.3. The molecule has 0 aliphatic heterocycles. The van der Waals surface area contributed by atoms with Crippen molar-refractivity contribution in [3.63, 3.8) is 0 Å². The number of benzene rings is 1. The van der Waals surface area contributed by atoms with Crippen LogP contribution in [0.2, 0.25) is 0 Å². The fourth-order valence-electron chi connectivity index (χ4n) is 1.59. The number of rotatable bonds is 2. The summed E-state index contributed by atoms with van der Waals surface area (Å²) in [5.41, 5.74) is 0.429. The van der Waals surface area contributed by atoms with E-state index in [0.29, 0.717) is 0 Å². The Morgan fingerprint density at radius 2 is 2.11 bits per heavy atom. The molecule has 0 saturated carbocycles. The van der Waals surface area contributed by atoms with E-state index in [2.05, 4.69) is 25.3 Å². The summed E-state index contributed by atoms with van der Waals surface area (Å²) in [5.74, 6) is -0.285. The smallest absolute Gasteiger partial charge is 0.278 e. The Balaban J connectivity index is 2.05. The van der Waals surface area contributed by atoms with Crippen LogP contribution in [-0.2, 0) is 0 Å². The molecular weight excluding hydrogens is 237 g/mol. The monoisotopic (exact) mass is 245 g/mol. The molecule has 3 aromatic rings. The molecule has 0 spiro atoms. The molecule has 3 rings (SSSR count). The highest BCUT2D eigenvalue weighted by atomic mass is 19.1. The van der Waals surface area contributed by atoms with Gasteiger partial charge in [0.25, 0.3) is 5.56 Å². The van der Waals surface area contributed by atoms with Crippen molar-refractivity contribution in [1.82, 2.24) is 19.9 Å². The van der Waals surface area contributed by atoms with Crippen molar-refractivity contribution < 1.29 is 4.39 Å². The van der Waals surface area contributed by atoms with E-state index < -0.39 is 5.82 Å². The maximum Gasteiger partial charge on any atom is 0.278 e. The molecule has 7 heteroatoms. The number of aromatic amines is 2. The molecule has 0 fully saturated rings. The third kappa shape index (κ3) is 1.71. The summed E-state index contributed by atoms with van der Waals surface area (Å²) >= 11 is 0. The Bertz CT molecular complexity index is 763. The Hall–Kier alpha value is -2.70. The third-order valence-corrected chi connectivity index (χ3v) is 2.42. The van der Waals surface area contributed by atoms with Gasteiger partial charge in [-0.15, -0.1) is 0 Å². The Kier molecular flexibility index (Phi) is 2.30. The average molecular weight is 245 g/mol. The summed E-state index contributed by atoms with van der Waals surface area (Å²) in [7, 11) is 0. The van der Waals surface area contributed by atoms with Gasteiger partial charge in [0.05, 0.1) is 12.0 Å². The number of hydrogen-bond donors (Lipinski definition) is 3. The van der Waals surface area contributed by atoms with E-state index in [1.165, 1.54) is 12.4 Å². The lowest BCUT2D eigenvalue weighted by Gasteiger charge is -2.05. The number of imidazole rings is 1. The molecular formula is C11H8FN5O. The standard InChI is InChI=1S/C11H8FN5O/c12-6-3-1-2-4-7(6)15-11-16-9-8(10(18)17-11)13-5-14-9/h1-5H,(H3,13,14,15,16,17,18). The van der Waals surface area contributed by atoms with Crippen LogP contribution in [0.15, 0.2) is 35.4 Å². The minimum Gasteiger partial charge on any atom is -0.339 e. The second-order valence-corrected chi connectivity index (χ2v) is 3.62. The molecule has 6 nitrogen and oxygen atoms in total. The van der Waals surface area contributed by atoms with E-state index in [1.54, 1.807) is 18.2 Å². The summed E-state index contributed by atoms with van der Waals surface area (Å²) < 4.78 is 13.4. The molecule has 0 saturated heterocycles. The van der Waals surface area contributed by atoms with Crippen molar-refractivity contribution in [2.45, 2.75) is 0 Å². The van der Waals surface area contributed by atoms with Crippen LogP contribution in [0.25, 0.3) is 11.2 Å². The number of aromatic nitrogens is 4. The molecule has 1 aromatic carbocycles. The maximum atomic E-state index is 13.4. The number of hydrogen-bond acceptors (Lipinski definition) is 4. The molecule has 3 N–H and O–H groups in total. The molecule has 0 radical (unpaired) electrons. The van der Waals surface area contributed by atoms with E-state index in [0.717, 1.165) is 0 Å². The van der Waals surface area contributed by atoms with Gasteiger partial charge in [0.1, 0.15) is 5.82 Å². The summed E-state index contributed by atoms with van der Waals surface area (Å²) in [6, 6.07) is 6.11. The largest absolute Gasteiger partial charge is 0.339 e. The number of halogens is 1. The molecule has 2 aromatic heterocycles. The summed E-state index contributed by atoms with van der Waals surface area (Å²) in [6.07, 6.45) is 1.37. The molecule has 90 valence electrons. The normalized spacial score (nSPS) is 10.7. The van der Waals surface area contributed by atoms with Gasteiger partial charge >= 0.3 is 0 Å². The number of anilines is 2. The predicted molar refractivity (Wildman–Crippen MR) is 64.2 cm³/mol. The fraction of sp³-hybridized carbons (Fsp3) is 0. The molecule has 0 atom stereocenters. The first-order valence-corrected chi connectivity index (χ1v) is 5.19. The topological polar surface area (TPSA) is 86.5 Å². The highest BCUT2D eigenvalue weighted by Gasteiger charge is 2.07. The Labute approximate surface area is 99.9 Å². The second-order valence-electron chi connectivity index (χ2n) is 3.62. The van der Waals surface area contributed by atoms with Crippen LogP contribution in [0, 0.1) is 5.82 Å². The van der Waals surface area contributed by atoms with Crippen molar-refractivity contribution in [1.29, 1.82) is 0 Å². The molecule has 0 aliphatic carbocycles. The van der Waals surface area contributed by atoms with E-state index in [-0.39, 0.29) is 28.4 Å². The minimum absolute atomic E-state index is 0.143. The highest BCUT2D eigenvalue weighted by Crippen LogP contribution is 2.16. The zero-order valence-electron chi connectivity index (χ0n) is 9.07. The molecule has 0 bridgehead atoms. The van der Waals surface area contributed by atoms with Crippen molar-refractivity contribution in [2.75, 3.05) is 5.32 Å². The SMILES string of the molecule is O=c1[nH]c(Nc2ccccc2F)nc2nc[nH]c12. The highest BCUT2D eigenvalue weighted by molar-refractivity contribution is 5.70. The van der Waals surface area contributed by atoms with Gasteiger partial charge in [0.15, 0.2) is 11.2 Å². The van der Waals surface area contributed by atoms with Gasteiger partial charge in [-0.2, -0.15) is 4.98 Å².